The molecule has 4 heteroatoms. The standard InChI is InChI=1S/C16H29N3O/c1-2-12-3-4-13(10-17)15(9-12)18-7-8-19-14(11-18)5-6-16(19)20/h12-15H,2-11,17H2,1H3. The first-order valence-electron chi connectivity index (χ1n) is 8.46. The molecule has 1 aliphatic carbocycles. The normalized spacial score (nSPS) is 39.1. The number of piperazine rings is 1. The largest absolute Gasteiger partial charge is 0.337 e. The van der Waals surface area contributed by atoms with Crippen molar-refractivity contribution in [3.05, 3.63) is 0 Å². The quantitative estimate of drug-likeness (QED) is 0.850. The molecule has 2 saturated heterocycles. The van der Waals surface area contributed by atoms with Crippen molar-refractivity contribution in [2.45, 2.75) is 57.5 Å². The minimum atomic E-state index is 0.375. The lowest BCUT2D eigenvalue weighted by Crippen LogP contribution is -2.57. The van der Waals surface area contributed by atoms with E-state index in [-0.39, 0.29) is 0 Å². The molecule has 0 bridgehead atoms. The van der Waals surface area contributed by atoms with Crippen LogP contribution in [-0.2, 0) is 4.79 Å². The highest BCUT2D eigenvalue weighted by molar-refractivity contribution is 5.78. The zero-order valence-corrected chi connectivity index (χ0v) is 12.8. The summed E-state index contributed by atoms with van der Waals surface area (Å²) in [5.74, 6) is 1.92. The summed E-state index contributed by atoms with van der Waals surface area (Å²) >= 11 is 0. The first-order valence-corrected chi connectivity index (χ1v) is 8.46. The zero-order chi connectivity index (χ0) is 14.1. The van der Waals surface area contributed by atoms with Gasteiger partial charge in [-0.1, -0.05) is 19.8 Å². The summed E-state index contributed by atoms with van der Waals surface area (Å²) in [6.45, 7) is 6.22. The maximum atomic E-state index is 11.8. The van der Waals surface area contributed by atoms with Crippen molar-refractivity contribution >= 4 is 5.91 Å². The Hall–Kier alpha value is -0.610. The summed E-state index contributed by atoms with van der Waals surface area (Å²) in [5.41, 5.74) is 6.02. The Bertz CT molecular complexity index is 360. The van der Waals surface area contributed by atoms with E-state index in [4.69, 9.17) is 5.73 Å². The number of fused-ring (bicyclic) bond motifs is 1. The van der Waals surface area contributed by atoms with E-state index in [1.165, 1.54) is 25.7 Å². The SMILES string of the molecule is CCC1CCC(CN)C(N2CCN3C(=O)CCC3C2)C1. The van der Waals surface area contributed by atoms with Gasteiger partial charge in [0, 0.05) is 38.1 Å². The van der Waals surface area contributed by atoms with Crippen molar-refractivity contribution in [1.82, 2.24) is 9.80 Å². The van der Waals surface area contributed by atoms with Crippen LogP contribution in [0, 0.1) is 11.8 Å². The van der Waals surface area contributed by atoms with E-state index >= 15 is 0 Å². The number of carbonyl (C=O) groups is 1. The molecule has 4 nitrogen and oxygen atoms in total. The molecule has 2 heterocycles. The number of hydrogen-bond donors (Lipinski definition) is 1. The lowest BCUT2D eigenvalue weighted by atomic mass is 9.76. The number of carbonyl (C=O) groups excluding carboxylic acids is 1. The van der Waals surface area contributed by atoms with Crippen molar-refractivity contribution in [3.63, 3.8) is 0 Å². The zero-order valence-electron chi connectivity index (χ0n) is 12.8. The third-order valence-electron chi connectivity index (χ3n) is 5.94. The summed E-state index contributed by atoms with van der Waals surface area (Å²) in [7, 11) is 0. The molecule has 0 aromatic rings. The van der Waals surface area contributed by atoms with Gasteiger partial charge in [0.2, 0.25) is 5.91 Å². The Morgan fingerprint density at radius 3 is 2.85 bits per heavy atom. The fourth-order valence-corrected chi connectivity index (χ4v) is 4.58. The minimum Gasteiger partial charge on any atom is -0.337 e. The second-order valence-electron chi connectivity index (χ2n) is 6.93. The Morgan fingerprint density at radius 2 is 2.10 bits per heavy atom. The molecule has 4 unspecified atom stereocenters. The molecule has 3 fully saturated rings. The highest BCUT2D eigenvalue weighted by Gasteiger charge is 2.40. The molecule has 0 spiro atoms. The third kappa shape index (κ3) is 2.60. The van der Waals surface area contributed by atoms with Gasteiger partial charge in [0.25, 0.3) is 0 Å². The number of hydrogen-bond acceptors (Lipinski definition) is 3. The average Bonchev–Trinajstić information content (AvgIpc) is 2.87. The van der Waals surface area contributed by atoms with Crippen LogP contribution < -0.4 is 5.73 Å². The molecule has 1 saturated carbocycles. The number of nitrogens with two attached hydrogens (primary N) is 1. The molecule has 2 aliphatic heterocycles. The molecule has 0 aromatic heterocycles. The molecule has 20 heavy (non-hydrogen) atoms. The summed E-state index contributed by atoms with van der Waals surface area (Å²) in [6, 6.07) is 1.15. The third-order valence-corrected chi connectivity index (χ3v) is 5.94. The Morgan fingerprint density at radius 1 is 1.25 bits per heavy atom. The van der Waals surface area contributed by atoms with E-state index in [9.17, 15) is 4.79 Å². The molecule has 0 radical (unpaired) electrons. The number of rotatable bonds is 3. The highest BCUT2D eigenvalue weighted by atomic mass is 16.2. The van der Waals surface area contributed by atoms with E-state index in [1.807, 2.05) is 0 Å². The van der Waals surface area contributed by atoms with Crippen molar-refractivity contribution in [3.8, 4) is 0 Å². The maximum absolute atomic E-state index is 11.8. The minimum absolute atomic E-state index is 0.375. The van der Waals surface area contributed by atoms with Gasteiger partial charge in [0.15, 0.2) is 0 Å². The predicted octanol–water partition coefficient (Wildman–Crippen LogP) is 1.45. The van der Waals surface area contributed by atoms with Crippen LogP contribution >= 0.6 is 0 Å². The molecular weight excluding hydrogens is 250 g/mol. The monoisotopic (exact) mass is 279 g/mol. The first kappa shape index (κ1) is 14.3. The molecule has 114 valence electrons. The highest BCUT2D eigenvalue weighted by Crippen LogP contribution is 2.35. The first-order chi connectivity index (χ1) is 9.72. The van der Waals surface area contributed by atoms with Gasteiger partial charge in [-0.3, -0.25) is 9.69 Å². The van der Waals surface area contributed by atoms with Crippen LogP contribution in [0.15, 0.2) is 0 Å². The van der Waals surface area contributed by atoms with Gasteiger partial charge in [0.05, 0.1) is 0 Å². The number of nitrogens with zero attached hydrogens (tertiary/aromatic N) is 2. The fourth-order valence-electron chi connectivity index (χ4n) is 4.58. The van der Waals surface area contributed by atoms with Gasteiger partial charge in [-0.05, 0) is 37.6 Å². The van der Waals surface area contributed by atoms with E-state index < -0.39 is 0 Å². The van der Waals surface area contributed by atoms with Gasteiger partial charge in [-0.2, -0.15) is 0 Å². The Labute approximate surface area is 122 Å². The molecule has 0 aromatic carbocycles. The van der Waals surface area contributed by atoms with Gasteiger partial charge in [-0.15, -0.1) is 0 Å². The van der Waals surface area contributed by atoms with Crippen LogP contribution in [0.5, 0.6) is 0 Å². The van der Waals surface area contributed by atoms with Crippen molar-refractivity contribution in [1.29, 1.82) is 0 Å². The topological polar surface area (TPSA) is 49.6 Å². The van der Waals surface area contributed by atoms with Gasteiger partial charge in [0.1, 0.15) is 0 Å². The predicted molar refractivity (Wildman–Crippen MR) is 80.3 cm³/mol. The number of amides is 1. The second kappa shape index (κ2) is 6.02. The molecule has 2 N–H and O–H groups in total. The fraction of sp³-hybridized carbons (Fsp3) is 0.938. The van der Waals surface area contributed by atoms with Crippen LogP contribution in [0.25, 0.3) is 0 Å². The van der Waals surface area contributed by atoms with Gasteiger partial charge >= 0.3 is 0 Å². The lowest BCUT2D eigenvalue weighted by Gasteiger charge is -2.47. The van der Waals surface area contributed by atoms with Crippen LogP contribution in [0.4, 0.5) is 0 Å². The van der Waals surface area contributed by atoms with Gasteiger partial charge < -0.3 is 10.6 Å². The Balaban J connectivity index is 1.66. The van der Waals surface area contributed by atoms with E-state index in [0.717, 1.165) is 44.9 Å². The lowest BCUT2D eigenvalue weighted by molar-refractivity contribution is -0.131. The molecule has 1 amide bonds. The maximum Gasteiger partial charge on any atom is 0.222 e. The average molecular weight is 279 g/mol. The van der Waals surface area contributed by atoms with Crippen LogP contribution in [-0.4, -0.2) is 54.0 Å². The van der Waals surface area contributed by atoms with Crippen LogP contribution in [0.2, 0.25) is 0 Å². The molecule has 3 rings (SSSR count). The smallest absolute Gasteiger partial charge is 0.222 e. The molecule has 3 aliphatic rings. The van der Waals surface area contributed by atoms with E-state index in [2.05, 4.69) is 16.7 Å². The summed E-state index contributed by atoms with van der Waals surface area (Å²) in [4.78, 5) is 16.6. The van der Waals surface area contributed by atoms with Crippen LogP contribution in [0.1, 0.15) is 45.4 Å². The summed E-state index contributed by atoms with van der Waals surface area (Å²) in [5, 5.41) is 0. The van der Waals surface area contributed by atoms with Crippen molar-refractivity contribution < 1.29 is 4.79 Å². The van der Waals surface area contributed by atoms with Crippen molar-refractivity contribution in [2.75, 3.05) is 26.2 Å². The second-order valence-corrected chi connectivity index (χ2v) is 6.93. The van der Waals surface area contributed by atoms with Gasteiger partial charge in [-0.25, -0.2) is 0 Å². The van der Waals surface area contributed by atoms with Crippen molar-refractivity contribution in [2.24, 2.45) is 17.6 Å². The molecular formula is C16H29N3O. The van der Waals surface area contributed by atoms with E-state index in [1.54, 1.807) is 0 Å². The Kier molecular flexibility index (Phi) is 4.32. The summed E-state index contributed by atoms with van der Waals surface area (Å²) < 4.78 is 0. The molecule has 4 atom stereocenters. The summed E-state index contributed by atoms with van der Waals surface area (Å²) in [6.07, 6.45) is 7.10. The van der Waals surface area contributed by atoms with Crippen LogP contribution in [0.3, 0.4) is 0 Å². The van der Waals surface area contributed by atoms with E-state index in [0.29, 0.717) is 23.9 Å².